The topological polar surface area (TPSA) is 129 Å². The monoisotopic (exact) mass is 1510 g/mol. The number of aromatic nitrogens is 8. The van der Waals surface area contributed by atoms with Gasteiger partial charge in [0.15, 0.2) is 46.4 Å². The Morgan fingerprint density at radius 1 is 0.224 bits per heavy atom. The molecule has 14 heteroatoms. The zero-order valence-corrected chi connectivity index (χ0v) is 62.7. The van der Waals surface area contributed by atoms with Crippen LogP contribution in [-0.4, -0.2) is 39.0 Å². The Labute approximate surface area is 668 Å². The summed E-state index contributed by atoms with van der Waals surface area (Å²) < 4.78 is 24.8. The van der Waals surface area contributed by atoms with Crippen molar-refractivity contribution >= 4 is 133 Å². The summed E-state index contributed by atoms with van der Waals surface area (Å²) in [6, 6.07) is 130. The first-order valence-corrected chi connectivity index (χ1v) is 39.4. The molecule has 13 nitrogen and oxygen atoms in total. The van der Waals surface area contributed by atoms with Crippen molar-refractivity contribution in [2.45, 2.75) is 9.79 Å². The highest BCUT2D eigenvalue weighted by Crippen LogP contribution is 2.56. The Morgan fingerprint density at radius 3 is 1.10 bits per heavy atom. The van der Waals surface area contributed by atoms with Gasteiger partial charge in [0.25, 0.3) is 0 Å². The maximum Gasteiger partial charge on any atom is 0.167 e. The first-order chi connectivity index (χ1) is 57.5. The van der Waals surface area contributed by atoms with Crippen molar-refractivity contribution in [2.75, 3.05) is 9.80 Å². The maximum absolute atomic E-state index is 6.73. The Bertz CT molecular complexity index is 7100. The minimum Gasteiger partial charge on any atom is -0.455 e. The summed E-state index contributed by atoms with van der Waals surface area (Å²) >= 11 is 1.83. The first-order valence-electron chi connectivity index (χ1n) is 38.5. The van der Waals surface area contributed by atoms with Crippen LogP contribution in [0.25, 0.3) is 167 Å². The lowest BCUT2D eigenvalue weighted by Gasteiger charge is -2.33. The predicted octanol–water partition coefficient (Wildman–Crippen LogP) is 27.2. The standard InChI is InChI=1S/C51H31N5O2.C51H31N5OS/c1-4-15-32(16-5-1)49-52-50(33-17-6-2-7-18-33)54-51(53-49)38-23-14-22-37-40-29-35(27-28-45(40)58-48(37)38)56-41-24-11-10-21-36(41)39-30-47-44(31-43(39)56)55(34-19-8-3-9-20-34)42-25-12-13-26-46(42)57-47;1-4-15-32(16-5-1)49-52-50(33-17-6-2-7-18-33)54-51(53-49)38-23-14-22-37-40-29-35(27-28-45(40)57-48(37)38)56-41-24-11-10-21-36(41)39-30-47-44(31-43(39)56)55(34-19-8-3-9-20-34)42-25-12-13-26-46(42)58-47/h2*1-31H. The van der Waals surface area contributed by atoms with Gasteiger partial charge in [-0.15, -0.1) is 0 Å². The number of benzene rings is 16. The Hall–Kier alpha value is -15.5. The van der Waals surface area contributed by atoms with E-state index in [-0.39, 0.29) is 0 Å². The van der Waals surface area contributed by atoms with Crippen LogP contribution in [-0.2, 0) is 0 Å². The number of anilines is 6. The molecule has 0 fully saturated rings. The summed E-state index contributed by atoms with van der Waals surface area (Å²) in [5.74, 6) is 5.18. The third kappa shape index (κ3) is 11.1. The average Bonchev–Trinajstić information content (AvgIpc) is 1.53. The van der Waals surface area contributed by atoms with E-state index in [9.17, 15) is 0 Å². The summed E-state index contributed by atoms with van der Waals surface area (Å²) in [6.45, 7) is 0. The summed E-state index contributed by atoms with van der Waals surface area (Å²) in [5, 5.41) is 8.69. The fourth-order valence-electron chi connectivity index (χ4n) is 16.8. The van der Waals surface area contributed by atoms with E-state index in [1.165, 1.54) is 26.3 Å². The van der Waals surface area contributed by atoms with Gasteiger partial charge in [-0.3, -0.25) is 0 Å². The van der Waals surface area contributed by atoms with Crippen molar-refractivity contribution in [1.82, 2.24) is 39.0 Å². The highest BCUT2D eigenvalue weighted by Gasteiger charge is 2.31. The van der Waals surface area contributed by atoms with Crippen LogP contribution >= 0.6 is 11.8 Å². The van der Waals surface area contributed by atoms with E-state index in [1.54, 1.807) is 0 Å². The molecule has 0 radical (unpaired) electrons. The van der Waals surface area contributed by atoms with Gasteiger partial charge in [0.2, 0.25) is 0 Å². The molecule has 8 heterocycles. The van der Waals surface area contributed by atoms with Crippen molar-refractivity contribution in [1.29, 1.82) is 0 Å². The number of hydrogen-bond acceptors (Lipinski definition) is 12. The molecular weight excluding hydrogens is 1450 g/mol. The molecule has 0 unspecified atom stereocenters. The van der Waals surface area contributed by atoms with Crippen LogP contribution in [0.4, 0.5) is 34.1 Å². The van der Waals surface area contributed by atoms with E-state index < -0.39 is 0 Å². The smallest absolute Gasteiger partial charge is 0.167 e. The quantitative estimate of drug-likeness (QED) is 0.129. The molecule has 0 aliphatic carbocycles. The molecule has 0 saturated carbocycles. The van der Waals surface area contributed by atoms with Gasteiger partial charge in [-0.1, -0.05) is 254 Å². The van der Waals surface area contributed by atoms with E-state index in [1.807, 2.05) is 163 Å². The zero-order chi connectivity index (χ0) is 76.3. The van der Waals surface area contributed by atoms with E-state index >= 15 is 0 Å². The van der Waals surface area contributed by atoms with Crippen molar-refractivity contribution in [3.63, 3.8) is 0 Å². The number of hydrogen-bond donors (Lipinski definition) is 0. The van der Waals surface area contributed by atoms with Crippen LogP contribution in [0.2, 0.25) is 0 Å². The van der Waals surface area contributed by atoms with E-state index in [4.69, 9.17) is 43.5 Å². The predicted molar refractivity (Wildman–Crippen MR) is 469 cm³/mol. The minimum absolute atomic E-state index is 0.552. The van der Waals surface area contributed by atoms with E-state index in [2.05, 4.69) is 243 Å². The highest BCUT2D eigenvalue weighted by atomic mass is 32.2. The largest absolute Gasteiger partial charge is 0.455 e. The zero-order valence-electron chi connectivity index (χ0n) is 61.9. The van der Waals surface area contributed by atoms with Crippen LogP contribution in [0.15, 0.2) is 395 Å². The van der Waals surface area contributed by atoms with Gasteiger partial charge in [0.05, 0.1) is 55.9 Å². The molecule has 0 saturated heterocycles. The summed E-state index contributed by atoms with van der Waals surface area (Å²) in [5.41, 5.74) is 21.4. The van der Waals surface area contributed by atoms with Gasteiger partial charge in [0, 0.05) is 97.9 Å². The van der Waals surface area contributed by atoms with Crippen molar-refractivity contribution in [3.8, 4) is 91.2 Å². The molecule has 24 rings (SSSR count). The lowest BCUT2D eigenvalue weighted by molar-refractivity contribution is 0.477. The summed E-state index contributed by atoms with van der Waals surface area (Å²) in [4.78, 5) is 37.1. The number of ether oxygens (including phenoxy) is 1. The second-order valence-corrected chi connectivity index (χ2v) is 30.0. The second kappa shape index (κ2) is 27.2. The van der Waals surface area contributed by atoms with Crippen LogP contribution in [0.3, 0.4) is 0 Å². The van der Waals surface area contributed by atoms with Gasteiger partial charge in [-0.2, -0.15) is 0 Å². The lowest BCUT2D eigenvalue weighted by Crippen LogP contribution is -2.15. The van der Waals surface area contributed by atoms with Crippen LogP contribution < -0.4 is 14.5 Å². The third-order valence-corrected chi connectivity index (χ3v) is 23.1. The van der Waals surface area contributed by atoms with Crippen LogP contribution in [0.5, 0.6) is 11.5 Å². The van der Waals surface area contributed by atoms with Gasteiger partial charge >= 0.3 is 0 Å². The first kappa shape index (κ1) is 66.3. The molecule has 6 aromatic heterocycles. The molecule has 544 valence electrons. The van der Waals surface area contributed by atoms with Gasteiger partial charge in [0.1, 0.15) is 22.3 Å². The van der Waals surface area contributed by atoms with Crippen molar-refractivity contribution in [3.05, 3.63) is 376 Å². The molecule has 116 heavy (non-hydrogen) atoms. The molecule has 0 spiro atoms. The average molecular weight is 1510 g/mol. The number of furan rings is 2. The van der Waals surface area contributed by atoms with Gasteiger partial charge in [-0.05, 0) is 133 Å². The number of para-hydroxylation sites is 9. The molecular formula is C102H62N10O3S. The molecule has 0 atom stereocenters. The summed E-state index contributed by atoms with van der Waals surface area (Å²) in [6.07, 6.45) is 0. The lowest BCUT2D eigenvalue weighted by atomic mass is 10.1. The fourth-order valence-corrected chi connectivity index (χ4v) is 17.8. The van der Waals surface area contributed by atoms with E-state index in [0.717, 1.165) is 161 Å². The van der Waals surface area contributed by atoms with Crippen LogP contribution in [0.1, 0.15) is 0 Å². The number of nitrogens with zero attached hydrogens (tertiary/aromatic N) is 10. The normalized spacial score (nSPS) is 12.3. The Balaban J connectivity index is 0.000000137. The Kier molecular flexibility index (Phi) is 15.5. The molecule has 2 aliphatic rings. The van der Waals surface area contributed by atoms with E-state index in [0.29, 0.717) is 34.9 Å². The molecule has 0 N–H and O–H groups in total. The van der Waals surface area contributed by atoms with Crippen molar-refractivity contribution < 1.29 is 13.6 Å². The third-order valence-electron chi connectivity index (χ3n) is 22.0. The maximum atomic E-state index is 6.73. The minimum atomic E-state index is 0.552. The van der Waals surface area contributed by atoms with Gasteiger partial charge in [-0.25, -0.2) is 29.9 Å². The molecule has 22 aromatic rings. The molecule has 16 aromatic carbocycles. The highest BCUT2D eigenvalue weighted by molar-refractivity contribution is 7.99. The fraction of sp³-hybridized carbons (Fsp3) is 0. The number of rotatable bonds is 10. The number of fused-ring (bicyclic) bond motifs is 16. The molecule has 0 amide bonds. The SMILES string of the molecule is c1ccc(-c2nc(-c3ccccc3)nc(-c3cccc4c3oc3ccc(-n5c6ccccc6c6cc7c(cc65)N(c5ccccc5)c5ccccc5O7)cc34)n2)cc1.c1ccc(-c2nc(-c3ccccc3)nc(-c3cccc4c3oc3ccc(-n5c6ccccc6c6cc7c(cc65)N(c5ccccc5)c5ccccc5S7)cc34)n2)cc1. The second-order valence-electron chi connectivity index (χ2n) is 28.9. The van der Waals surface area contributed by atoms with Gasteiger partial charge < -0.3 is 32.5 Å². The van der Waals surface area contributed by atoms with Crippen LogP contribution in [0, 0.1) is 0 Å². The summed E-state index contributed by atoms with van der Waals surface area (Å²) in [7, 11) is 0. The molecule has 2 aliphatic heterocycles. The Morgan fingerprint density at radius 2 is 0.612 bits per heavy atom. The molecule has 0 bridgehead atoms. The van der Waals surface area contributed by atoms with Crippen molar-refractivity contribution in [2.24, 2.45) is 0 Å².